The number of alkyl halides is 2. The van der Waals surface area contributed by atoms with Gasteiger partial charge in [0.25, 0.3) is 0 Å². The number of aromatic nitrogens is 2. The molecule has 1 heterocycles. The Morgan fingerprint density at radius 2 is 1.27 bits per heavy atom. The monoisotopic (exact) mass is 250 g/mol. The first kappa shape index (κ1) is 12.8. The molecule has 86 valence electrons. The first-order valence-electron chi connectivity index (χ1n) is 4.80. The van der Waals surface area contributed by atoms with E-state index in [-0.39, 0.29) is 10.8 Å². The summed E-state index contributed by atoms with van der Waals surface area (Å²) < 4.78 is 5.60. The Morgan fingerprint density at radius 3 is 1.53 bits per heavy atom. The van der Waals surface area contributed by atoms with Gasteiger partial charge in [0.15, 0.2) is 0 Å². The van der Waals surface area contributed by atoms with Gasteiger partial charge in [-0.1, -0.05) is 0 Å². The van der Waals surface area contributed by atoms with Crippen LogP contribution < -0.4 is 0 Å². The highest BCUT2D eigenvalue weighted by atomic mass is 35.5. The molecule has 15 heavy (non-hydrogen) atoms. The molecule has 3 nitrogen and oxygen atoms in total. The molecule has 5 heteroatoms. The van der Waals surface area contributed by atoms with Crippen molar-refractivity contribution in [2.24, 2.45) is 0 Å². The van der Waals surface area contributed by atoms with Gasteiger partial charge in [-0.25, -0.2) is 0 Å². The van der Waals surface area contributed by atoms with Gasteiger partial charge in [-0.15, -0.1) is 33.4 Å². The summed E-state index contributed by atoms with van der Waals surface area (Å²) in [7, 11) is 0. The van der Waals surface area contributed by atoms with Crippen molar-refractivity contribution in [3.05, 3.63) is 11.8 Å². The second-order valence-corrected chi connectivity index (χ2v) is 5.48. The summed E-state index contributed by atoms with van der Waals surface area (Å²) in [5, 5.41) is 8.03. The van der Waals surface area contributed by atoms with Crippen LogP contribution in [0.15, 0.2) is 4.42 Å². The van der Waals surface area contributed by atoms with Crippen molar-refractivity contribution in [2.45, 2.75) is 38.5 Å². The van der Waals surface area contributed by atoms with E-state index < -0.39 is 0 Å². The maximum atomic E-state index is 5.83. The van der Waals surface area contributed by atoms with Crippen LogP contribution in [-0.4, -0.2) is 22.0 Å². The standard InChI is InChI=1S/C10H16Cl2N2O/c1-9(2,5-11)7-13-14-8(15-7)10(3,4)6-12/h5-6H2,1-4H3. The third-order valence-electron chi connectivity index (χ3n) is 2.25. The van der Waals surface area contributed by atoms with Crippen molar-refractivity contribution in [1.29, 1.82) is 0 Å². The second-order valence-electron chi connectivity index (χ2n) is 4.95. The van der Waals surface area contributed by atoms with Crippen LogP contribution in [0.2, 0.25) is 0 Å². The molecule has 0 radical (unpaired) electrons. The fourth-order valence-electron chi connectivity index (χ4n) is 0.885. The second kappa shape index (κ2) is 4.30. The van der Waals surface area contributed by atoms with E-state index in [0.717, 1.165) is 0 Å². The average molecular weight is 251 g/mol. The SMILES string of the molecule is CC(C)(CCl)c1nnc(C(C)(C)CCl)o1. The number of halogens is 2. The minimum Gasteiger partial charge on any atom is -0.424 e. The third-order valence-corrected chi connectivity index (χ3v) is 3.59. The molecule has 0 saturated heterocycles. The lowest BCUT2D eigenvalue weighted by atomic mass is 9.96. The van der Waals surface area contributed by atoms with Crippen LogP contribution in [0.4, 0.5) is 0 Å². The molecular formula is C10H16Cl2N2O. The van der Waals surface area contributed by atoms with Crippen molar-refractivity contribution in [3.63, 3.8) is 0 Å². The van der Waals surface area contributed by atoms with Crippen LogP contribution in [0.3, 0.4) is 0 Å². The van der Waals surface area contributed by atoms with E-state index in [1.54, 1.807) is 0 Å². The minimum absolute atomic E-state index is 0.296. The molecule has 0 saturated carbocycles. The van der Waals surface area contributed by atoms with E-state index in [4.69, 9.17) is 27.6 Å². The van der Waals surface area contributed by atoms with Gasteiger partial charge in [0.05, 0.1) is 10.8 Å². The lowest BCUT2D eigenvalue weighted by Gasteiger charge is -2.17. The molecule has 1 aromatic rings. The maximum absolute atomic E-state index is 5.83. The Bertz CT molecular complexity index is 303. The summed E-state index contributed by atoms with van der Waals surface area (Å²) in [6.45, 7) is 7.85. The molecule has 0 N–H and O–H groups in total. The van der Waals surface area contributed by atoms with Crippen LogP contribution >= 0.6 is 23.2 Å². The molecule has 0 aromatic carbocycles. The van der Waals surface area contributed by atoms with Crippen LogP contribution in [0.1, 0.15) is 39.5 Å². The summed E-state index contributed by atoms with van der Waals surface area (Å²) in [5.74, 6) is 2.00. The fourth-order valence-corrected chi connectivity index (χ4v) is 1.11. The van der Waals surface area contributed by atoms with E-state index in [2.05, 4.69) is 10.2 Å². The maximum Gasteiger partial charge on any atom is 0.223 e. The Kier molecular flexibility index (Phi) is 3.67. The largest absolute Gasteiger partial charge is 0.424 e. The summed E-state index contributed by atoms with van der Waals surface area (Å²) in [4.78, 5) is 0. The van der Waals surface area contributed by atoms with Crippen molar-refractivity contribution in [1.82, 2.24) is 10.2 Å². The van der Waals surface area contributed by atoms with Crippen molar-refractivity contribution in [3.8, 4) is 0 Å². The average Bonchev–Trinajstić information content (AvgIpc) is 2.67. The van der Waals surface area contributed by atoms with Crippen LogP contribution in [0.25, 0.3) is 0 Å². The predicted octanol–water partition coefficient (Wildman–Crippen LogP) is 3.10. The van der Waals surface area contributed by atoms with Gasteiger partial charge in [-0.2, -0.15) is 0 Å². The van der Waals surface area contributed by atoms with Gasteiger partial charge in [-0.3, -0.25) is 0 Å². The van der Waals surface area contributed by atoms with E-state index in [1.807, 2.05) is 27.7 Å². The molecule has 0 aliphatic carbocycles. The number of nitrogens with zero attached hydrogens (tertiary/aromatic N) is 2. The van der Waals surface area contributed by atoms with E-state index >= 15 is 0 Å². The molecular weight excluding hydrogens is 235 g/mol. The van der Waals surface area contributed by atoms with Gasteiger partial charge in [0.1, 0.15) is 0 Å². The topological polar surface area (TPSA) is 38.9 Å². The Hall–Kier alpha value is -0.280. The Labute approximate surface area is 100 Å². The van der Waals surface area contributed by atoms with Crippen LogP contribution in [-0.2, 0) is 10.8 Å². The Balaban J connectivity index is 3.00. The van der Waals surface area contributed by atoms with Gasteiger partial charge < -0.3 is 4.42 Å². The summed E-state index contributed by atoms with van der Waals surface area (Å²) in [6.07, 6.45) is 0. The molecule has 0 bridgehead atoms. The smallest absolute Gasteiger partial charge is 0.223 e. The first-order chi connectivity index (χ1) is 6.83. The van der Waals surface area contributed by atoms with Crippen LogP contribution in [0.5, 0.6) is 0 Å². The Morgan fingerprint density at radius 1 is 0.933 bits per heavy atom. The molecule has 1 rings (SSSR count). The van der Waals surface area contributed by atoms with E-state index in [0.29, 0.717) is 23.5 Å². The minimum atomic E-state index is -0.296. The highest BCUT2D eigenvalue weighted by Crippen LogP contribution is 2.28. The molecule has 0 aliphatic rings. The lowest BCUT2D eigenvalue weighted by Crippen LogP contribution is -2.20. The first-order valence-corrected chi connectivity index (χ1v) is 5.87. The zero-order valence-electron chi connectivity index (χ0n) is 9.47. The van der Waals surface area contributed by atoms with E-state index in [9.17, 15) is 0 Å². The highest BCUT2D eigenvalue weighted by molar-refractivity contribution is 6.18. The quantitative estimate of drug-likeness (QED) is 0.772. The van der Waals surface area contributed by atoms with Crippen molar-refractivity contribution >= 4 is 23.2 Å². The zero-order valence-corrected chi connectivity index (χ0v) is 11.0. The van der Waals surface area contributed by atoms with Crippen LogP contribution in [0, 0.1) is 0 Å². The summed E-state index contributed by atoms with van der Waals surface area (Å²) in [5.41, 5.74) is -0.593. The lowest BCUT2D eigenvalue weighted by molar-refractivity contribution is 0.334. The van der Waals surface area contributed by atoms with Crippen molar-refractivity contribution in [2.75, 3.05) is 11.8 Å². The van der Waals surface area contributed by atoms with E-state index in [1.165, 1.54) is 0 Å². The number of hydrogen-bond acceptors (Lipinski definition) is 3. The normalized spacial score (nSPS) is 13.2. The highest BCUT2D eigenvalue weighted by Gasteiger charge is 2.31. The molecule has 0 fully saturated rings. The summed E-state index contributed by atoms with van der Waals surface area (Å²) in [6, 6.07) is 0. The van der Waals surface area contributed by atoms with Gasteiger partial charge in [0, 0.05) is 11.8 Å². The zero-order chi connectivity index (χ0) is 11.7. The van der Waals surface area contributed by atoms with Gasteiger partial charge in [0.2, 0.25) is 11.8 Å². The number of hydrogen-bond donors (Lipinski definition) is 0. The predicted molar refractivity (Wildman–Crippen MR) is 61.8 cm³/mol. The molecule has 0 aliphatic heterocycles. The number of rotatable bonds is 4. The molecule has 0 atom stereocenters. The molecule has 0 unspecified atom stereocenters. The van der Waals surface area contributed by atoms with Crippen molar-refractivity contribution < 1.29 is 4.42 Å². The fraction of sp³-hybridized carbons (Fsp3) is 0.800. The molecule has 1 aromatic heterocycles. The van der Waals surface area contributed by atoms with Gasteiger partial charge in [-0.05, 0) is 27.7 Å². The van der Waals surface area contributed by atoms with Gasteiger partial charge >= 0.3 is 0 Å². The molecule has 0 amide bonds. The third kappa shape index (κ3) is 2.64. The molecule has 0 spiro atoms. The summed E-state index contributed by atoms with van der Waals surface area (Å²) >= 11 is 11.7.